The number of nitrogens with zero attached hydrogens (tertiary/aromatic N) is 2. The molecule has 0 saturated carbocycles. The Morgan fingerprint density at radius 1 is 0.968 bits per heavy atom. The van der Waals surface area contributed by atoms with Crippen LogP contribution in [0.15, 0.2) is 54.7 Å². The summed E-state index contributed by atoms with van der Waals surface area (Å²) in [4.78, 5) is 7.86. The highest BCUT2D eigenvalue weighted by molar-refractivity contribution is 5.64. The van der Waals surface area contributed by atoms with Crippen molar-refractivity contribution in [3.8, 4) is 11.5 Å². The van der Waals surface area contributed by atoms with Gasteiger partial charge in [-0.1, -0.05) is 19.9 Å². The van der Waals surface area contributed by atoms with Gasteiger partial charge in [0.25, 0.3) is 0 Å². The maximum atomic E-state index is 13.4. The van der Waals surface area contributed by atoms with Gasteiger partial charge >= 0.3 is 6.18 Å². The van der Waals surface area contributed by atoms with E-state index >= 15 is 0 Å². The van der Waals surface area contributed by atoms with E-state index in [1.54, 1.807) is 48.5 Å². The summed E-state index contributed by atoms with van der Waals surface area (Å²) in [5.74, 6) is 1.26. The molecule has 0 bridgehead atoms. The Bertz CT molecular complexity index is 1010. The van der Waals surface area contributed by atoms with Gasteiger partial charge in [-0.15, -0.1) is 0 Å². The molecule has 0 aliphatic heterocycles. The zero-order chi connectivity index (χ0) is 22.4. The third-order valence-electron chi connectivity index (χ3n) is 4.12. The van der Waals surface area contributed by atoms with E-state index in [0.717, 1.165) is 6.20 Å². The van der Waals surface area contributed by atoms with E-state index < -0.39 is 11.7 Å². The molecule has 1 aromatic heterocycles. The van der Waals surface area contributed by atoms with E-state index in [2.05, 4.69) is 34.4 Å². The average Bonchev–Trinajstić information content (AvgIpc) is 2.72. The summed E-state index contributed by atoms with van der Waals surface area (Å²) in [5, 5.41) is 5.62. The molecule has 9 heteroatoms. The quantitative estimate of drug-likeness (QED) is 0.453. The molecule has 164 valence electrons. The highest BCUT2D eigenvalue weighted by atomic mass is 19.4. The van der Waals surface area contributed by atoms with Crippen molar-refractivity contribution >= 4 is 23.1 Å². The first kappa shape index (κ1) is 22.2. The molecule has 31 heavy (non-hydrogen) atoms. The van der Waals surface area contributed by atoms with Crippen molar-refractivity contribution in [3.05, 3.63) is 60.3 Å². The van der Waals surface area contributed by atoms with Crippen molar-refractivity contribution in [2.75, 3.05) is 24.4 Å². The summed E-state index contributed by atoms with van der Waals surface area (Å²) in [7, 11) is 1.48. The van der Waals surface area contributed by atoms with Gasteiger partial charge < -0.3 is 20.1 Å². The van der Waals surface area contributed by atoms with E-state index in [4.69, 9.17) is 9.47 Å². The van der Waals surface area contributed by atoms with Crippen molar-refractivity contribution in [2.45, 2.75) is 20.0 Å². The van der Waals surface area contributed by atoms with Gasteiger partial charge in [0, 0.05) is 23.6 Å². The van der Waals surface area contributed by atoms with Crippen LogP contribution in [0.2, 0.25) is 0 Å². The Kier molecular flexibility index (Phi) is 6.84. The van der Waals surface area contributed by atoms with Crippen LogP contribution in [-0.2, 0) is 6.18 Å². The Hall–Kier alpha value is -3.49. The molecule has 0 saturated heterocycles. The molecule has 2 N–H and O–H groups in total. The van der Waals surface area contributed by atoms with Crippen LogP contribution in [0, 0.1) is 5.92 Å². The Morgan fingerprint density at radius 2 is 1.71 bits per heavy atom. The lowest BCUT2D eigenvalue weighted by atomic mass is 10.2. The molecule has 0 spiro atoms. The van der Waals surface area contributed by atoms with Gasteiger partial charge in [0.1, 0.15) is 22.9 Å². The molecule has 0 atom stereocenters. The minimum atomic E-state index is -4.62. The van der Waals surface area contributed by atoms with E-state index in [1.807, 2.05) is 0 Å². The maximum Gasteiger partial charge on any atom is 0.421 e. The zero-order valence-corrected chi connectivity index (χ0v) is 17.3. The number of hydrogen-bond acceptors (Lipinski definition) is 6. The van der Waals surface area contributed by atoms with E-state index in [0.29, 0.717) is 35.4 Å². The first-order valence-corrected chi connectivity index (χ1v) is 9.60. The Morgan fingerprint density at radius 3 is 2.35 bits per heavy atom. The number of hydrogen-bond donors (Lipinski definition) is 2. The highest BCUT2D eigenvalue weighted by Gasteiger charge is 2.35. The van der Waals surface area contributed by atoms with Crippen LogP contribution < -0.4 is 20.1 Å². The smallest absolute Gasteiger partial charge is 0.421 e. The minimum Gasteiger partial charge on any atom is -0.497 e. The molecule has 0 radical (unpaired) electrons. The van der Waals surface area contributed by atoms with Gasteiger partial charge in [0.15, 0.2) is 0 Å². The molecule has 0 aliphatic carbocycles. The first-order valence-electron chi connectivity index (χ1n) is 9.60. The van der Waals surface area contributed by atoms with E-state index in [1.165, 1.54) is 7.11 Å². The summed E-state index contributed by atoms with van der Waals surface area (Å²) >= 11 is 0. The highest BCUT2D eigenvalue weighted by Crippen LogP contribution is 2.35. The van der Waals surface area contributed by atoms with Gasteiger partial charge in [-0.25, -0.2) is 4.98 Å². The number of alkyl halides is 3. The van der Waals surface area contributed by atoms with Crippen LogP contribution in [0.25, 0.3) is 0 Å². The fourth-order valence-electron chi connectivity index (χ4n) is 2.61. The van der Waals surface area contributed by atoms with Crippen molar-refractivity contribution in [1.82, 2.24) is 9.97 Å². The summed E-state index contributed by atoms with van der Waals surface area (Å²) in [6.45, 7) is 4.69. The fourth-order valence-corrected chi connectivity index (χ4v) is 2.61. The molecule has 3 aromatic rings. The van der Waals surface area contributed by atoms with Crippen LogP contribution in [0.5, 0.6) is 11.5 Å². The van der Waals surface area contributed by atoms with Crippen molar-refractivity contribution < 1.29 is 22.6 Å². The number of benzene rings is 2. The van der Waals surface area contributed by atoms with Crippen molar-refractivity contribution in [3.63, 3.8) is 0 Å². The third-order valence-corrected chi connectivity index (χ3v) is 4.12. The van der Waals surface area contributed by atoms with Crippen molar-refractivity contribution in [1.29, 1.82) is 0 Å². The van der Waals surface area contributed by atoms with E-state index in [-0.39, 0.29) is 11.8 Å². The zero-order valence-electron chi connectivity index (χ0n) is 17.3. The number of nitrogens with one attached hydrogen (secondary N) is 2. The fraction of sp³-hybridized carbons (Fsp3) is 0.273. The van der Waals surface area contributed by atoms with Gasteiger partial charge in [0.2, 0.25) is 5.95 Å². The summed E-state index contributed by atoms with van der Waals surface area (Å²) < 4.78 is 51.1. The SMILES string of the molecule is COc1cccc(Nc2nc(Nc3ccc(OCC(C)C)cc3)ncc2C(F)(F)F)c1. The lowest BCUT2D eigenvalue weighted by Gasteiger charge is -2.15. The number of ether oxygens (including phenoxy) is 2. The monoisotopic (exact) mass is 432 g/mol. The molecule has 0 unspecified atom stereocenters. The van der Waals surface area contributed by atoms with Crippen molar-refractivity contribution in [2.24, 2.45) is 5.92 Å². The second-order valence-electron chi connectivity index (χ2n) is 7.16. The number of halogens is 3. The molecule has 0 amide bonds. The van der Waals surface area contributed by atoms with Gasteiger partial charge in [-0.3, -0.25) is 0 Å². The second kappa shape index (κ2) is 9.55. The Labute approximate surface area is 178 Å². The molecule has 0 fully saturated rings. The predicted molar refractivity (Wildman–Crippen MR) is 113 cm³/mol. The minimum absolute atomic E-state index is 0.0224. The number of anilines is 4. The van der Waals surface area contributed by atoms with Crippen LogP contribution in [-0.4, -0.2) is 23.7 Å². The molecule has 2 aromatic carbocycles. The van der Waals surface area contributed by atoms with Crippen LogP contribution >= 0.6 is 0 Å². The lowest BCUT2D eigenvalue weighted by molar-refractivity contribution is -0.137. The number of methoxy groups -OCH3 is 1. The summed E-state index contributed by atoms with van der Waals surface area (Å²) in [5.41, 5.74) is 0.0449. The van der Waals surface area contributed by atoms with Crippen LogP contribution in [0.1, 0.15) is 19.4 Å². The second-order valence-corrected chi connectivity index (χ2v) is 7.16. The molecular weight excluding hydrogens is 409 g/mol. The number of rotatable bonds is 8. The molecule has 6 nitrogen and oxygen atoms in total. The predicted octanol–water partition coefficient (Wildman–Crippen LogP) is 6.03. The topological polar surface area (TPSA) is 68.3 Å². The summed E-state index contributed by atoms with van der Waals surface area (Å²) in [6.07, 6.45) is -3.87. The average molecular weight is 432 g/mol. The standard InChI is InChI=1S/C22H23F3N4O2/c1-14(2)13-31-17-9-7-15(8-10-17)28-21-26-12-19(22(23,24)25)20(29-21)27-16-5-4-6-18(11-16)30-3/h4-12,14H,13H2,1-3H3,(H2,26,27,28,29). The lowest BCUT2D eigenvalue weighted by Crippen LogP contribution is -2.12. The summed E-state index contributed by atoms with van der Waals surface area (Å²) in [6, 6.07) is 13.6. The molecule has 0 aliphatic rings. The van der Waals surface area contributed by atoms with Gasteiger partial charge in [0.05, 0.1) is 13.7 Å². The van der Waals surface area contributed by atoms with Gasteiger partial charge in [-0.05, 0) is 42.3 Å². The molecular formula is C22H23F3N4O2. The maximum absolute atomic E-state index is 13.4. The third kappa shape index (κ3) is 6.24. The largest absolute Gasteiger partial charge is 0.497 e. The molecule has 3 rings (SSSR count). The van der Waals surface area contributed by atoms with Crippen LogP contribution in [0.4, 0.5) is 36.3 Å². The molecule has 1 heterocycles. The Balaban J connectivity index is 1.82. The van der Waals surface area contributed by atoms with E-state index in [9.17, 15) is 13.2 Å². The number of aromatic nitrogens is 2. The van der Waals surface area contributed by atoms with Gasteiger partial charge in [-0.2, -0.15) is 18.2 Å². The first-order chi connectivity index (χ1) is 14.7. The van der Waals surface area contributed by atoms with Crippen LogP contribution in [0.3, 0.4) is 0 Å². The normalized spacial score (nSPS) is 11.3.